The van der Waals surface area contributed by atoms with Crippen molar-refractivity contribution in [2.75, 3.05) is 0 Å². The Bertz CT molecular complexity index is 256. The van der Waals surface area contributed by atoms with Crippen molar-refractivity contribution in [3.63, 3.8) is 0 Å². The summed E-state index contributed by atoms with van der Waals surface area (Å²) in [6.07, 6.45) is 20.5. The fourth-order valence-corrected chi connectivity index (χ4v) is 1.10. The van der Waals surface area contributed by atoms with Crippen molar-refractivity contribution in [3.8, 4) is 0 Å². The van der Waals surface area contributed by atoms with Gasteiger partial charge in [-0.1, -0.05) is 13.8 Å². The van der Waals surface area contributed by atoms with Gasteiger partial charge in [0.2, 0.25) is 0 Å². The zero-order valence-corrected chi connectivity index (χ0v) is 13.6. The summed E-state index contributed by atoms with van der Waals surface area (Å²) in [6, 6.07) is 0. The van der Waals surface area contributed by atoms with E-state index in [0.717, 1.165) is 12.8 Å². The first-order valence-corrected chi connectivity index (χ1v) is 4.67. The summed E-state index contributed by atoms with van der Waals surface area (Å²) in [5.41, 5.74) is 0.356. The third kappa shape index (κ3) is 14.4. The molecule has 0 atom stereocenters. The standard InChI is InChI=1S/C8H11.C5H5.3ClH.V/c1-8(2)6-4-3-5-7-8;1-2-4-5-3-1;;;;/h3-4,6H,7H2,1-2H3;1-3H,4H2;3*1H;/q2*-1;;;;/p-3. The number of hydrogen-bond donors (Lipinski definition) is 0. The van der Waals surface area contributed by atoms with E-state index in [4.69, 9.17) is 0 Å². The van der Waals surface area contributed by atoms with Gasteiger partial charge in [0.15, 0.2) is 0 Å². The Morgan fingerprint density at radius 2 is 1.53 bits per heavy atom. The molecule has 0 heterocycles. The molecule has 0 spiro atoms. The largest absolute Gasteiger partial charge is 1.00 e. The summed E-state index contributed by atoms with van der Waals surface area (Å²) in [7, 11) is 0. The molecule has 2 aliphatic carbocycles. The molecule has 0 aromatic rings. The van der Waals surface area contributed by atoms with Gasteiger partial charge in [-0.25, -0.2) is 24.3 Å². The summed E-state index contributed by atoms with van der Waals surface area (Å²) < 4.78 is 0. The van der Waals surface area contributed by atoms with E-state index in [1.807, 2.05) is 18.2 Å². The van der Waals surface area contributed by atoms with Crippen LogP contribution in [0.1, 0.15) is 26.7 Å². The van der Waals surface area contributed by atoms with E-state index < -0.39 is 0 Å². The van der Waals surface area contributed by atoms with E-state index in [2.05, 4.69) is 44.2 Å². The van der Waals surface area contributed by atoms with E-state index in [1.165, 1.54) is 0 Å². The minimum atomic E-state index is 0. The molecule has 0 aliphatic heterocycles. The molecule has 17 heavy (non-hydrogen) atoms. The molecule has 0 saturated heterocycles. The van der Waals surface area contributed by atoms with Crippen molar-refractivity contribution in [2.24, 2.45) is 5.41 Å². The van der Waals surface area contributed by atoms with Crippen molar-refractivity contribution in [1.29, 1.82) is 0 Å². The van der Waals surface area contributed by atoms with Crippen LogP contribution in [0.5, 0.6) is 0 Å². The average Bonchev–Trinajstić information content (AvgIpc) is 2.60. The third-order valence-electron chi connectivity index (χ3n) is 1.91. The first-order chi connectivity index (χ1) is 6.21. The number of halogens is 3. The number of allylic oxidation sites excluding steroid dienone is 8. The molecule has 2 rings (SSSR count). The Labute approximate surface area is 136 Å². The molecule has 0 fully saturated rings. The topological polar surface area (TPSA) is 0 Å². The van der Waals surface area contributed by atoms with Crippen molar-refractivity contribution >= 4 is 0 Å². The number of hydrogen-bond acceptors (Lipinski definition) is 0. The van der Waals surface area contributed by atoms with E-state index in [0.29, 0.717) is 5.41 Å². The summed E-state index contributed by atoms with van der Waals surface area (Å²) in [6.45, 7) is 4.42. The summed E-state index contributed by atoms with van der Waals surface area (Å²) in [5.74, 6) is 0. The Morgan fingerprint density at radius 3 is 1.71 bits per heavy atom. The molecule has 0 unspecified atom stereocenters. The van der Waals surface area contributed by atoms with Crippen LogP contribution in [-0.2, 0) is 18.6 Å². The second-order valence-electron chi connectivity index (χ2n) is 3.90. The van der Waals surface area contributed by atoms with Crippen molar-refractivity contribution in [2.45, 2.75) is 26.7 Å². The summed E-state index contributed by atoms with van der Waals surface area (Å²) in [4.78, 5) is 0. The van der Waals surface area contributed by atoms with Gasteiger partial charge >= 0.3 is 0 Å². The SMILES string of the molecule is CC1(C)C=CC=[C-]C1.[C-]1=CC=CC1.[Cl-].[Cl-].[Cl-].[V]. The molecular formula is C13H16Cl3V-5. The van der Waals surface area contributed by atoms with E-state index in [-0.39, 0.29) is 55.8 Å². The minimum absolute atomic E-state index is 0. The van der Waals surface area contributed by atoms with Crippen molar-refractivity contribution in [3.05, 3.63) is 48.6 Å². The molecule has 0 N–H and O–H groups in total. The maximum absolute atomic E-state index is 3.16. The van der Waals surface area contributed by atoms with Gasteiger partial charge in [-0.3, -0.25) is 12.2 Å². The summed E-state index contributed by atoms with van der Waals surface area (Å²) in [5, 5.41) is 0. The Hall–Kier alpha value is 0.414. The van der Waals surface area contributed by atoms with E-state index in [9.17, 15) is 0 Å². The zero-order valence-electron chi connectivity index (χ0n) is 9.96. The molecule has 1 radical (unpaired) electrons. The van der Waals surface area contributed by atoms with Crippen LogP contribution in [0, 0.1) is 17.6 Å². The predicted octanol–water partition coefficient (Wildman–Crippen LogP) is -5.35. The molecule has 99 valence electrons. The van der Waals surface area contributed by atoms with Crippen molar-refractivity contribution < 1.29 is 55.8 Å². The first-order valence-electron chi connectivity index (χ1n) is 4.67. The smallest absolute Gasteiger partial charge is 0 e. The molecule has 0 bridgehead atoms. The molecule has 0 aromatic heterocycles. The average molecular weight is 330 g/mol. The van der Waals surface area contributed by atoms with Crippen LogP contribution in [0.15, 0.2) is 36.5 Å². The molecule has 0 amide bonds. The van der Waals surface area contributed by atoms with Gasteiger partial charge < -0.3 is 37.2 Å². The minimum Gasteiger partial charge on any atom is -1.00 e. The van der Waals surface area contributed by atoms with Gasteiger partial charge in [0.05, 0.1) is 0 Å². The van der Waals surface area contributed by atoms with Crippen LogP contribution in [-0.4, -0.2) is 0 Å². The second kappa shape index (κ2) is 14.5. The second-order valence-corrected chi connectivity index (χ2v) is 3.90. The number of rotatable bonds is 0. The predicted molar refractivity (Wildman–Crippen MR) is 56.9 cm³/mol. The van der Waals surface area contributed by atoms with Crippen molar-refractivity contribution in [1.82, 2.24) is 0 Å². The fourth-order valence-electron chi connectivity index (χ4n) is 1.10. The quantitative estimate of drug-likeness (QED) is 0.390. The third-order valence-corrected chi connectivity index (χ3v) is 1.91. The van der Waals surface area contributed by atoms with Crippen LogP contribution >= 0.6 is 0 Å². The molecule has 2 aliphatic rings. The van der Waals surface area contributed by atoms with Gasteiger partial charge in [-0.05, 0) is 5.41 Å². The van der Waals surface area contributed by atoms with Gasteiger partial charge in [-0.15, -0.1) is 12.8 Å². The monoisotopic (exact) mass is 328 g/mol. The Morgan fingerprint density at radius 1 is 0.941 bits per heavy atom. The maximum Gasteiger partial charge on any atom is 0 e. The van der Waals surface area contributed by atoms with Crippen LogP contribution in [0.3, 0.4) is 0 Å². The fraction of sp³-hybridized carbons (Fsp3) is 0.385. The van der Waals surface area contributed by atoms with E-state index in [1.54, 1.807) is 0 Å². The Kier molecular flexibility index (Phi) is 22.2. The molecule has 0 nitrogen and oxygen atoms in total. The first kappa shape index (κ1) is 26.1. The molecule has 4 heteroatoms. The van der Waals surface area contributed by atoms with Gasteiger partial charge in [-0.2, -0.15) is 12.2 Å². The van der Waals surface area contributed by atoms with Gasteiger partial charge in [0.25, 0.3) is 0 Å². The van der Waals surface area contributed by atoms with E-state index >= 15 is 0 Å². The normalized spacial score (nSPS) is 16.4. The van der Waals surface area contributed by atoms with Gasteiger partial charge in [0, 0.05) is 18.6 Å². The maximum atomic E-state index is 3.16. The molecular weight excluding hydrogens is 313 g/mol. The molecule has 0 aromatic carbocycles. The zero-order chi connectivity index (χ0) is 9.57. The van der Waals surface area contributed by atoms with Gasteiger partial charge in [0.1, 0.15) is 0 Å². The van der Waals surface area contributed by atoms with Crippen LogP contribution < -0.4 is 37.2 Å². The van der Waals surface area contributed by atoms with Crippen LogP contribution in [0.2, 0.25) is 0 Å². The van der Waals surface area contributed by atoms with Crippen LogP contribution in [0.25, 0.3) is 0 Å². The molecule has 0 saturated carbocycles. The van der Waals surface area contributed by atoms with Crippen LogP contribution in [0.4, 0.5) is 0 Å². The summed E-state index contributed by atoms with van der Waals surface area (Å²) >= 11 is 0. The Balaban J connectivity index is -0.0000000849.